The Kier molecular flexibility index (Phi) is 10.0. The average Bonchev–Trinajstić information content (AvgIpc) is 2.80. The van der Waals surface area contributed by atoms with Crippen LogP contribution in [0.1, 0.15) is 31.7 Å². The second-order valence-electron chi connectivity index (χ2n) is 7.31. The Labute approximate surface area is 178 Å². The fourth-order valence-corrected chi connectivity index (χ4v) is 3.65. The molecule has 0 bridgehead atoms. The fraction of sp³-hybridized carbons (Fsp3) is 0.417. The Morgan fingerprint density at radius 3 is 2.03 bits per heavy atom. The maximum atomic E-state index is 12.5. The Morgan fingerprint density at radius 1 is 1.00 bits per heavy atom. The second kappa shape index (κ2) is 12.8. The van der Waals surface area contributed by atoms with Gasteiger partial charge in [-0.15, -0.1) is 0 Å². The van der Waals surface area contributed by atoms with Crippen molar-refractivity contribution in [2.45, 2.75) is 38.6 Å². The number of carboxylic acid groups (broad SMARTS) is 1. The summed E-state index contributed by atoms with van der Waals surface area (Å²) in [6.45, 7) is 4.41. The van der Waals surface area contributed by atoms with Gasteiger partial charge in [-0.2, -0.15) is 0 Å². The van der Waals surface area contributed by atoms with Crippen molar-refractivity contribution in [3.63, 3.8) is 0 Å². The summed E-state index contributed by atoms with van der Waals surface area (Å²) in [5.41, 5.74) is 2.44. The summed E-state index contributed by atoms with van der Waals surface area (Å²) in [5.74, 6) is -0.959. The van der Waals surface area contributed by atoms with Gasteiger partial charge in [-0.3, -0.25) is 4.79 Å². The molecular formula is C24H32N2O4. The molecule has 6 nitrogen and oxygen atoms in total. The van der Waals surface area contributed by atoms with E-state index in [0.717, 1.165) is 44.6 Å². The second-order valence-corrected chi connectivity index (χ2v) is 7.31. The number of hydrogen-bond donors (Lipinski definition) is 2. The Morgan fingerprint density at radius 2 is 1.53 bits per heavy atom. The SMILES string of the molecule is CCC(=O)N(c1ccccc1)C1CCN(CCc2ccccc2)CC1.O=C(O)CO. The van der Waals surface area contributed by atoms with E-state index in [1.54, 1.807) is 0 Å². The zero-order valence-corrected chi connectivity index (χ0v) is 17.6. The van der Waals surface area contributed by atoms with Gasteiger partial charge in [-0.05, 0) is 37.0 Å². The van der Waals surface area contributed by atoms with Crippen LogP contribution in [0.2, 0.25) is 0 Å². The number of aliphatic hydroxyl groups is 1. The number of nitrogens with zero attached hydrogens (tertiary/aromatic N) is 2. The summed E-state index contributed by atoms with van der Waals surface area (Å²) >= 11 is 0. The van der Waals surface area contributed by atoms with Gasteiger partial charge in [-0.25, -0.2) is 4.79 Å². The minimum atomic E-state index is -1.19. The number of aliphatic hydroxyl groups excluding tert-OH is 1. The van der Waals surface area contributed by atoms with Crippen LogP contribution in [0.15, 0.2) is 60.7 Å². The molecule has 0 radical (unpaired) electrons. The maximum absolute atomic E-state index is 12.5. The number of carbonyl (C=O) groups is 2. The number of carbonyl (C=O) groups excluding carboxylic acids is 1. The predicted octanol–water partition coefficient (Wildman–Crippen LogP) is 3.20. The zero-order chi connectivity index (χ0) is 21.8. The van der Waals surface area contributed by atoms with Crippen molar-refractivity contribution in [2.24, 2.45) is 0 Å². The van der Waals surface area contributed by atoms with Gasteiger partial charge in [0.15, 0.2) is 0 Å². The van der Waals surface area contributed by atoms with E-state index in [1.807, 2.05) is 30.0 Å². The lowest BCUT2D eigenvalue weighted by Gasteiger charge is -2.38. The van der Waals surface area contributed by atoms with Crippen molar-refractivity contribution < 1.29 is 19.8 Å². The molecule has 0 spiro atoms. The van der Waals surface area contributed by atoms with E-state index in [2.05, 4.69) is 47.4 Å². The van der Waals surface area contributed by atoms with Gasteiger partial charge in [-0.1, -0.05) is 55.5 Å². The minimum Gasteiger partial charge on any atom is -0.480 e. The van der Waals surface area contributed by atoms with Crippen LogP contribution in [0.5, 0.6) is 0 Å². The molecule has 162 valence electrons. The van der Waals surface area contributed by atoms with E-state index in [-0.39, 0.29) is 5.91 Å². The average molecular weight is 413 g/mol. The highest BCUT2D eigenvalue weighted by atomic mass is 16.4. The monoisotopic (exact) mass is 412 g/mol. The molecule has 1 fully saturated rings. The number of piperidine rings is 1. The third-order valence-electron chi connectivity index (χ3n) is 5.22. The molecule has 0 unspecified atom stereocenters. The van der Waals surface area contributed by atoms with E-state index < -0.39 is 12.6 Å². The van der Waals surface area contributed by atoms with Crippen LogP contribution in [0.25, 0.3) is 0 Å². The van der Waals surface area contributed by atoms with Crippen molar-refractivity contribution in [1.82, 2.24) is 4.90 Å². The van der Waals surface area contributed by atoms with E-state index in [1.165, 1.54) is 5.56 Å². The van der Waals surface area contributed by atoms with Gasteiger partial charge in [0.2, 0.25) is 5.91 Å². The van der Waals surface area contributed by atoms with E-state index in [9.17, 15) is 4.79 Å². The van der Waals surface area contributed by atoms with E-state index in [0.29, 0.717) is 12.5 Å². The smallest absolute Gasteiger partial charge is 0.329 e. The first-order chi connectivity index (χ1) is 14.5. The summed E-state index contributed by atoms with van der Waals surface area (Å²) in [4.78, 5) is 26.2. The van der Waals surface area contributed by atoms with Crippen molar-refractivity contribution in [2.75, 3.05) is 31.1 Å². The highest BCUT2D eigenvalue weighted by Gasteiger charge is 2.28. The van der Waals surface area contributed by atoms with Crippen molar-refractivity contribution in [3.05, 3.63) is 66.2 Å². The van der Waals surface area contributed by atoms with E-state index >= 15 is 0 Å². The molecule has 1 aliphatic rings. The number of anilines is 1. The molecule has 6 heteroatoms. The molecule has 0 aromatic heterocycles. The number of para-hydroxylation sites is 1. The van der Waals surface area contributed by atoms with Gasteiger partial charge < -0.3 is 20.0 Å². The first-order valence-corrected chi connectivity index (χ1v) is 10.5. The number of hydrogen-bond acceptors (Lipinski definition) is 4. The number of benzene rings is 2. The molecule has 1 aliphatic heterocycles. The Hall–Kier alpha value is -2.70. The van der Waals surface area contributed by atoms with Gasteiger partial charge in [0.25, 0.3) is 0 Å². The number of likely N-dealkylation sites (tertiary alicyclic amines) is 1. The molecule has 0 aliphatic carbocycles. The highest BCUT2D eigenvalue weighted by molar-refractivity contribution is 5.93. The van der Waals surface area contributed by atoms with Gasteiger partial charge in [0, 0.05) is 37.8 Å². The normalized spacial score (nSPS) is 14.5. The van der Waals surface area contributed by atoms with Crippen molar-refractivity contribution in [3.8, 4) is 0 Å². The summed E-state index contributed by atoms with van der Waals surface area (Å²) in [6, 6.07) is 21.1. The molecule has 1 heterocycles. The molecule has 30 heavy (non-hydrogen) atoms. The Bertz CT molecular complexity index is 759. The lowest BCUT2D eigenvalue weighted by Crippen LogP contribution is -2.47. The lowest BCUT2D eigenvalue weighted by atomic mass is 10.0. The molecule has 2 aromatic rings. The van der Waals surface area contributed by atoms with Crippen LogP contribution >= 0.6 is 0 Å². The lowest BCUT2D eigenvalue weighted by molar-refractivity contribution is -0.140. The first-order valence-electron chi connectivity index (χ1n) is 10.5. The van der Waals surface area contributed by atoms with Crippen molar-refractivity contribution in [1.29, 1.82) is 0 Å². The van der Waals surface area contributed by atoms with Crippen LogP contribution in [0, 0.1) is 0 Å². The van der Waals surface area contributed by atoms with Gasteiger partial charge >= 0.3 is 5.97 Å². The number of carboxylic acids is 1. The molecular weight excluding hydrogens is 380 g/mol. The first kappa shape index (κ1) is 23.6. The third-order valence-corrected chi connectivity index (χ3v) is 5.22. The third kappa shape index (κ3) is 7.61. The largest absolute Gasteiger partial charge is 0.480 e. The Balaban J connectivity index is 0.000000575. The molecule has 0 atom stereocenters. The summed E-state index contributed by atoms with van der Waals surface area (Å²) in [7, 11) is 0. The predicted molar refractivity (Wildman–Crippen MR) is 119 cm³/mol. The van der Waals surface area contributed by atoms with Crippen LogP contribution in [-0.4, -0.2) is 59.3 Å². The molecule has 3 rings (SSSR count). The quantitative estimate of drug-likeness (QED) is 0.730. The summed E-state index contributed by atoms with van der Waals surface area (Å²) in [5, 5.41) is 15.0. The number of amides is 1. The molecule has 2 aromatic carbocycles. The van der Waals surface area contributed by atoms with E-state index in [4.69, 9.17) is 15.0 Å². The van der Waals surface area contributed by atoms with Gasteiger partial charge in [0.05, 0.1) is 0 Å². The minimum absolute atomic E-state index is 0.230. The van der Waals surface area contributed by atoms with Crippen LogP contribution in [0.3, 0.4) is 0 Å². The van der Waals surface area contributed by atoms with Crippen LogP contribution < -0.4 is 4.90 Å². The number of rotatable bonds is 7. The number of aliphatic carboxylic acids is 1. The standard InChI is InChI=1S/C22H28N2O.C2H4O3/c1-2-22(25)24(20-11-7-4-8-12-20)21-14-17-23(18-15-21)16-13-19-9-5-3-6-10-19;3-1-2(4)5/h3-12,21H,2,13-18H2,1H3;3H,1H2,(H,4,5). The topological polar surface area (TPSA) is 81.1 Å². The molecule has 0 saturated carbocycles. The van der Waals surface area contributed by atoms with Gasteiger partial charge in [0.1, 0.15) is 6.61 Å². The van der Waals surface area contributed by atoms with Crippen LogP contribution in [-0.2, 0) is 16.0 Å². The summed E-state index contributed by atoms with van der Waals surface area (Å²) < 4.78 is 0. The molecule has 2 N–H and O–H groups in total. The molecule has 1 amide bonds. The maximum Gasteiger partial charge on any atom is 0.329 e. The molecule has 1 saturated heterocycles. The highest BCUT2D eigenvalue weighted by Crippen LogP contribution is 2.24. The van der Waals surface area contributed by atoms with Crippen LogP contribution in [0.4, 0.5) is 5.69 Å². The zero-order valence-electron chi connectivity index (χ0n) is 17.6. The van der Waals surface area contributed by atoms with Crippen molar-refractivity contribution >= 4 is 17.6 Å². The summed E-state index contributed by atoms with van der Waals surface area (Å²) in [6.07, 6.45) is 3.76. The fourth-order valence-electron chi connectivity index (χ4n) is 3.65.